The van der Waals surface area contributed by atoms with E-state index in [1.807, 2.05) is 26.2 Å². The van der Waals surface area contributed by atoms with Crippen molar-refractivity contribution in [3.8, 4) is 0 Å². The molecule has 1 saturated heterocycles. The molecular weight excluding hydrogens is 448 g/mol. The highest BCUT2D eigenvalue weighted by molar-refractivity contribution is 6.32. The molecule has 2 heterocycles. The number of carbonyl (C=O) groups excluding carboxylic acids is 2. The Labute approximate surface area is 208 Å². The first-order valence-electron chi connectivity index (χ1n) is 12.3. The first kappa shape index (κ1) is 24.7. The van der Waals surface area contributed by atoms with Crippen molar-refractivity contribution in [2.24, 2.45) is 5.92 Å². The molecule has 0 bridgehead atoms. The van der Waals surface area contributed by atoms with E-state index >= 15 is 0 Å². The van der Waals surface area contributed by atoms with Crippen molar-refractivity contribution in [3.05, 3.63) is 59.1 Å². The summed E-state index contributed by atoms with van der Waals surface area (Å²) in [5.41, 5.74) is 2.55. The highest BCUT2D eigenvalue weighted by Crippen LogP contribution is 2.34. The lowest BCUT2D eigenvalue weighted by Crippen LogP contribution is -2.47. The van der Waals surface area contributed by atoms with E-state index in [-0.39, 0.29) is 11.7 Å². The Morgan fingerprint density at radius 2 is 1.68 bits per heavy atom. The van der Waals surface area contributed by atoms with E-state index in [0.717, 1.165) is 52.1 Å². The van der Waals surface area contributed by atoms with Gasteiger partial charge >= 0.3 is 0 Å². The summed E-state index contributed by atoms with van der Waals surface area (Å²) < 4.78 is 0. The minimum absolute atomic E-state index is 0.0625. The van der Waals surface area contributed by atoms with Crippen molar-refractivity contribution in [1.82, 2.24) is 9.80 Å². The maximum atomic E-state index is 13.4. The van der Waals surface area contributed by atoms with Crippen LogP contribution in [0.15, 0.2) is 48.5 Å². The lowest BCUT2D eigenvalue weighted by atomic mass is 9.86. The Morgan fingerprint density at radius 1 is 0.941 bits per heavy atom. The van der Waals surface area contributed by atoms with Gasteiger partial charge in [0.05, 0.1) is 5.69 Å². The molecule has 0 saturated carbocycles. The van der Waals surface area contributed by atoms with Gasteiger partial charge in [0, 0.05) is 49.0 Å². The lowest BCUT2D eigenvalue weighted by molar-refractivity contribution is -0.121. The minimum atomic E-state index is -0.615. The Hall–Kier alpha value is -2.41. The summed E-state index contributed by atoms with van der Waals surface area (Å²) >= 11 is 6.21. The number of piperazine rings is 1. The molecule has 1 fully saturated rings. The molecule has 1 amide bonds. The van der Waals surface area contributed by atoms with Crippen LogP contribution in [-0.4, -0.2) is 81.4 Å². The zero-order valence-corrected chi connectivity index (χ0v) is 21.0. The number of para-hydroxylation sites is 1. The lowest BCUT2D eigenvalue weighted by Gasteiger charge is -2.37. The number of carbonyl (C=O) groups is 2. The molecule has 7 heteroatoms. The van der Waals surface area contributed by atoms with Crippen LogP contribution in [-0.2, 0) is 4.79 Å². The van der Waals surface area contributed by atoms with E-state index in [2.05, 4.69) is 39.0 Å². The molecule has 34 heavy (non-hydrogen) atoms. The third-order valence-electron chi connectivity index (χ3n) is 6.84. The van der Waals surface area contributed by atoms with Crippen LogP contribution in [0.5, 0.6) is 0 Å². The van der Waals surface area contributed by atoms with Gasteiger partial charge in [0.1, 0.15) is 5.92 Å². The SMILES string of the molecule is CN(C)CCCN1C(=O)C(CCCN2CCN(c3ccccc3)CC2)C(=O)c2cc(Cl)ccc21. The molecule has 0 spiro atoms. The van der Waals surface area contributed by atoms with Gasteiger partial charge in [-0.25, -0.2) is 0 Å². The van der Waals surface area contributed by atoms with Gasteiger partial charge in [0.25, 0.3) is 0 Å². The van der Waals surface area contributed by atoms with Gasteiger partial charge in [0.2, 0.25) is 5.91 Å². The number of rotatable bonds is 9. The average molecular weight is 483 g/mol. The number of anilines is 2. The molecule has 0 N–H and O–H groups in total. The van der Waals surface area contributed by atoms with Crippen LogP contribution in [0.2, 0.25) is 5.02 Å². The Kier molecular flexibility index (Phi) is 8.24. The van der Waals surface area contributed by atoms with Gasteiger partial charge in [0.15, 0.2) is 5.78 Å². The second-order valence-electron chi connectivity index (χ2n) is 9.53. The van der Waals surface area contributed by atoms with Crippen molar-refractivity contribution in [3.63, 3.8) is 0 Å². The van der Waals surface area contributed by atoms with Gasteiger partial charge in [-0.1, -0.05) is 29.8 Å². The monoisotopic (exact) mass is 482 g/mol. The van der Waals surface area contributed by atoms with Crippen molar-refractivity contribution >= 4 is 34.7 Å². The van der Waals surface area contributed by atoms with E-state index in [1.54, 1.807) is 17.0 Å². The maximum Gasteiger partial charge on any atom is 0.237 e. The summed E-state index contributed by atoms with van der Waals surface area (Å²) in [4.78, 5) is 35.4. The molecular formula is C27H35ClN4O2. The molecule has 6 nitrogen and oxygen atoms in total. The molecule has 2 aromatic carbocycles. The normalized spacial score (nSPS) is 19.1. The number of hydrogen-bond acceptors (Lipinski definition) is 5. The number of hydrogen-bond donors (Lipinski definition) is 0. The molecule has 1 atom stereocenters. The van der Waals surface area contributed by atoms with E-state index in [0.29, 0.717) is 29.2 Å². The molecule has 2 aliphatic heterocycles. The fraction of sp³-hybridized carbons (Fsp3) is 0.481. The molecule has 182 valence electrons. The number of nitrogens with zero attached hydrogens (tertiary/aromatic N) is 4. The second-order valence-corrected chi connectivity index (χ2v) is 9.97. The van der Waals surface area contributed by atoms with Gasteiger partial charge in [-0.05, 0) is 76.8 Å². The molecule has 2 aromatic rings. The van der Waals surface area contributed by atoms with Crippen LogP contribution in [0.25, 0.3) is 0 Å². The second kappa shape index (κ2) is 11.3. The Balaban J connectivity index is 1.35. The maximum absolute atomic E-state index is 13.4. The van der Waals surface area contributed by atoms with Crippen molar-refractivity contribution in [1.29, 1.82) is 0 Å². The third-order valence-corrected chi connectivity index (χ3v) is 7.08. The fourth-order valence-corrected chi connectivity index (χ4v) is 5.14. The standard InChI is InChI=1S/C27H35ClN4O2/c1-29(2)13-7-15-32-25-12-11-21(28)20-24(25)26(33)23(27(32)34)10-6-14-30-16-18-31(19-17-30)22-8-4-3-5-9-22/h3-5,8-9,11-12,20,23H,6-7,10,13-19H2,1-2H3. The quantitative estimate of drug-likeness (QED) is 0.505. The largest absolute Gasteiger partial charge is 0.369 e. The number of fused-ring (bicyclic) bond motifs is 1. The van der Waals surface area contributed by atoms with E-state index < -0.39 is 5.92 Å². The number of ketones is 1. The number of Topliss-reactive ketones (excluding diaryl/α,β-unsaturated/α-hetero) is 1. The van der Waals surface area contributed by atoms with E-state index in [1.165, 1.54) is 5.69 Å². The summed E-state index contributed by atoms with van der Waals surface area (Å²) in [7, 11) is 4.05. The van der Waals surface area contributed by atoms with E-state index in [9.17, 15) is 9.59 Å². The predicted octanol–water partition coefficient (Wildman–Crippen LogP) is 4.04. The Bertz CT molecular complexity index is 989. The fourth-order valence-electron chi connectivity index (χ4n) is 4.97. The van der Waals surface area contributed by atoms with Crippen LogP contribution < -0.4 is 9.80 Å². The minimum Gasteiger partial charge on any atom is -0.369 e. The van der Waals surface area contributed by atoms with Crippen LogP contribution in [0.1, 0.15) is 29.6 Å². The first-order chi connectivity index (χ1) is 16.4. The summed E-state index contributed by atoms with van der Waals surface area (Å²) in [6.45, 7) is 6.39. The van der Waals surface area contributed by atoms with E-state index in [4.69, 9.17) is 11.6 Å². The molecule has 1 unspecified atom stereocenters. The van der Waals surface area contributed by atoms with Gasteiger partial charge in [-0.3, -0.25) is 14.5 Å². The molecule has 2 aliphatic rings. The molecule has 0 aliphatic carbocycles. The smallest absolute Gasteiger partial charge is 0.237 e. The summed E-state index contributed by atoms with van der Waals surface area (Å²) in [5, 5.41) is 0.532. The highest BCUT2D eigenvalue weighted by atomic mass is 35.5. The van der Waals surface area contributed by atoms with Crippen LogP contribution in [0.4, 0.5) is 11.4 Å². The van der Waals surface area contributed by atoms with Gasteiger partial charge in [-0.2, -0.15) is 0 Å². The van der Waals surface area contributed by atoms with Gasteiger partial charge < -0.3 is 14.7 Å². The third kappa shape index (κ3) is 5.80. The van der Waals surface area contributed by atoms with Gasteiger partial charge in [-0.15, -0.1) is 0 Å². The van der Waals surface area contributed by atoms with Crippen LogP contribution >= 0.6 is 11.6 Å². The summed E-state index contributed by atoms with van der Waals surface area (Å²) in [6, 6.07) is 15.8. The van der Waals surface area contributed by atoms with Crippen LogP contribution in [0.3, 0.4) is 0 Å². The summed E-state index contributed by atoms with van der Waals surface area (Å²) in [6.07, 6.45) is 2.26. The predicted molar refractivity (Wildman–Crippen MR) is 139 cm³/mol. The van der Waals surface area contributed by atoms with Crippen molar-refractivity contribution in [2.75, 3.05) is 69.7 Å². The number of benzene rings is 2. The topological polar surface area (TPSA) is 47.1 Å². The number of halogens is 1. The Morgan fingerprint density at radius 3 is 2.38 bits per heavy atom. The first-order valence-corrected chi connectivity index (χ1v) is 12.6. The zero-order chi connectivity index (χ0) is 24.1. The average Bonchev–Trinajstić information content (AvgIpc) is 2.84. The van der Waals surface area contributed by atoms with Crippen molar-refractivity contribution < 1.29 is 9.59 Å². The zero-order valence-electron chi connectivity index (χ0n) is 20.3. The number of amides is 1. The molecule has 0 aromatic heterocycles. The van der Waals surface area contributed by atoms with Crippen molar-refractivity contribution in [2.45, 2.75) is 19.3 Å². The summed E-state index contributed by atoms with van der Waals surface area (Å²) in [5.74, 6) is -0.760. The van der Waals surface area contributed by atoms with Crippen LogP contribution in [0, 0.1) is 5.92 Å². The highest BCUT2D eigenvalue weighted by Gasteiger charge is 2.39. The molecule has 4 rings (SSSR count). The molecule has 0 radical (unpaired) electrons.